The maximum Gasteiger partial charge on any atom is 0.315 e. The molecule has 0 radical (unpaired) electrons. The highest BCUT2D eigenvalue weighted by molar-refractivity contribution is 5.85. The molecular formula is C17H27Cl2N5O. The third-order valence-electron chi connectivity index (χ3n) is 4.35. The lowest BCUT2D eigenvalue weighted by Crippen LogP contribution is -2.39. The van der Waals surface area contributed by atoms with Crippen LogP contribution in [0.15, 0.2) is 34.7 Å². The fraction of sp³-hybridized carbons (Fsp3) is 0.529. The van der Waals surface area contributed by atoms with Crippen molar-refractivity contribution in [1.82, 2.24) is 15.1 Å². The van der Waals surface area contributed by atoms with Gasteiger partial charge in [0.25, 0.3) is 0 Å². The van der Waals surface area contributed by atoms with E-state index < -0.39 is 0 Å². The maximum absolute atomic E-state index is 5.47. The molecule has 8 heteroatoms. The lowest BCUT2D eigenvalue weighted by Gasteiger charge is -2.32. The number of rotatable bonds is 7. The molecule has 2 aromatic rings. The van der Waals surface area contributed by atoms with Gasteiger partial charge >= 0.3 is 6.01 Å². The summed E-state index contributed by atoms with van der Waals surface area (Å²) in [5.74, 6) is 1.09. The third kappa shape index (κ3) is 6.82. The second kappa shape index (κ2) is 11.3. The molecule has 25 heavy (non-hydrogen) atoms. The molecular weight excluding hydrogens is 361 g/mol. The van der Waals surface area contributed by atoms with Crippen molar-refractivity contribution in [3.63, 3.8) is 0 Å². The fourth-order valence-corrected chi connectivity index (χ4v) is 3.09. The van der Waals surface area contributed by atoms with Crippen molar-refractivity contribution >= 4 is 30.8 Å². The number of piperidine rings is 1. The second-order valence-corrected chi connectivity index (χ2v) is 6.13. The second-order valence-electron chi connectivity index (χ2n) is 6.13. The van der Waals surface area contributed by atoms with Crippen LogP contribution in [0, 0.1) is 5.92 Å². The summed E-state index contributed by atoms with van der Waals surface area (Å²) in [4.78, 5) is 2.56. The first-order valence-corrected chi connectivity index (χ1v) is 8.36. The Kier molecular flexibility index (Phi) is 9.82. The van der Waals surface area contributed by atoms with Gasteiger partial charge in [-0.2, -0.15) is 0 Å². The van der Waals surface area contributed by atoms with Crippen LogP contribution in [0.2, 0.25) is 0 Å². The molecule has 0 saturated carbocycles. The van der Waals surface area contributed by atoms with E-state index in [2.05, 4.69) is 50.7 Å². The maximum atomic E-state index is 5.47. The monoisotopic (exact) mass is 387 g/mol. The van der Waals surface area contributed by atoms with E-state index in [1.54, 1.807) is 0 Å². The summed E-state index contributed by atoms with van der Waals surface area (Å²) >= 11 is 0. The third-order valence-corrected chi connectivity index (χ3v) is 4.35. The number of halogens is 2. The van der Waals surface area contributed by atoms with Gasteiger partial charge in [-0.15, -0.1) is 29.9 Å². The van der Waals surface area contributed by atoms with Crippen LogP contribution in [0.25, 0.3) is 0 Å². The van der Waals surface area contributed by atoms with Crippen molar-refractivity contribution < 1.29 is 4.42 Å². The number of aromatic nitrogens is 2. The van der Waals surface area contributed by atoms with Crippen LogP contribution in [-0.4, -0.2) is 41.3 Å². The van der Waals surface area contributed by atoms with Gasteiger partial charge in [0, 0.05) is 19.6 Å². The molecule has 1 unspecified atom stereocenters. The Morgan fingerprint density at radius 1 is 1.20 bits per heavy atom. The SMILES string of the molecule is Cl.Cl.NCc1nnc(NCC2CCCN(CCc3ccccc3)C2)o1. The number of nitrogens with zero attached hydrogens (tertiary/aromatic N) is 3. The van der Waals surface area contributed by atoms with Gasteiger partial charge in [0.2, 0.25) is 5.89 Å². The Bertz CT molecular complexity index is 596. The van der Waals surface area contributed by atoms with E-state index in [9.17, 15) is 0 Å². The highest BCUT2D eigenvalue weighted by Crippen LogP contribution is 2.18. The van der Waals surface area contributed by atoms with Crippen molar-refractivity contribution in [1.29, 1.82) is 0 Å². The summed E-state index contributed by atoms with van der Waals surface area (Å²) in [5, 5.41) is 11.0. The van der Waals surface area contributed by atoms with Crippen LogP contribution in [0.3, 0.4) is 0 Å². The molecule has 1 fully saturated rings. The number of nitrogens with one attached hydrogen (secondary N) is 1. The minimum atomic E-state index is 0. The van der Waals surface area contributed by atoms with Crippen LogP contribution < -0.4 is 11.1 Å². The van der Waals surface area contributed by atoms with E-state index in [-0.39, 0.29) is 31.4 Å². The van der Waals surface area contributed by atoms with Crippen LogP contribution in [0.4, 0.5) is 6.01 Å². The Morgan fingerprint density at radius 2 is 2.00 bits per heavy atom. The summed E-state index contributed by atoms with van der Waals surface area (Å²) in [5.41, 5.74) is 6.88. The smallest absolute Gasteiger partial charge is 0.315 e. The van der Waals surface area contributed by atoms with Gasteiger partial charge in [0.1, 0.15) is 0 Å². The molecule has 3 rings (SSSR count). The molecule has 1 saturated heterocycles. The molecule has 140 valence electrons. The van der Waals surface area contributed by atoms with Gasteiger partial charge in [-0.3, -0.25) is 0 Å². The molecule has 1 aliphatic rings. The Labute approximate surface area is 161 Å². The highest BCUT2D eigenvalue weighted by Gasteiger charge is 2.20. The topological polar surface area (TPSA) is 80.2 Å². The molecule has 2 heterocycles. The van der Waals surface area contributed by atoms with Gasteiger partial charge in [-0.1, -0.05) is 35.4 Å². The number of likely N-dealkylation sites (tertiary alicyclic amines) is 1. The largest absolute Gasteiger partial charge is 0.407 e. The van der Waals surface area contributed by atoms with Crippen molar-refractivity contribution in [3.8, 4) is 0 Å². The summed E-state index contributed by atoms with van der Waals surface area (Å²) < 4.78 is 5.38. The first-order valence-electron chi connectivity index (χ1n) is 8.36. The molecule has 0 bridgehead atoms. The summed E-state index contributed by atoms with van der Waals surface area (Å²) in [6, 6.07) is 11.2. The number of hydrogen-bond acceptors (Lipinski definition) is 6. The van der Waals surface area contributed by atoms with E-state index in [0.717, 1.165) is 26.1 Å². The molecule has 6 nitrogen and oxygen atoms in total. The van der Waals surface area contributed by atoms with Crippen LogP contribution >= 0.6 is 24.8 Å². The van der Waals surface area contributed by atoms with E-state index in [1.807, 2.05) is 0 Å². The number of hydrogen-bond donors (Lipinski definition) is 2. The van der Waals surface area contributed by atoms with E-state index in [4.69, 9.17) is 10.2 Å². The Morgan fingerprint density at radius 3 is 2.72 bits per heavy atom. The number of nitrogens with two attached hydrogens (primary N) is 1. The minimum Gasteiger partial charge on any atom is -0.407 e. The van der Waals surface area contributed by atoms with Crippen LogP contribution in [0.1, 0.15) is 24.3 Å². The molecule has 1 atom stereocenters. The zero-order valence-corrected chi connectivity index (χ0v) is 15.9. The number of benzene rings is 1. The standard InChI is InChI=1S/C17H25N5O.2ClH/c18-11-16-20-21-17(23-16)19-12-15-7-4-9-22(13-15)10-8-14-5-2-1-3-6-14;;/h1-3,5-6,15H,4,7-13,18H2,(H,19,21);2*1H. The molecule has 0 aliphatic carbocycles. The van der Waals surface area contributed by atoms with Crippen molar-refractivity contribution in [2.75, 3.05) is 31.5 Å². The molecule has 1 aromatic carbocycles. The van der Waals surface area contributed by atoms with Crippen molar-refractivity contribution in [2.24, 2.45) is 11.7 Å². The first-order chi connectivity index (χ1) is 11.3. The average molecular weight is 388 g/mol. The summed E-state index contributed by atoms with van der Waals surface area (Å²) in [6.07, 6.45) is 3.61. The lowest BCUT2D eigenvalue weighted by atomic mass is 9.97. The molecule has 0 amide bonds. The van der Waals surface area contributed by atoms with Gasteiger partial charge in [0.05, 0.1) is 6.54 Å². The quantitative estimate of drug-likeness (QED) is 0.759. The fourth-order valence-electron chi connectivity index (χ4n) is 3.09. The Hall–Kier alpha value is -1.34. The average Bonchev–Trinajstić information content (AvgIpc) is 3.08. The van der Waals surface area contributed by atoms with Gasteiger partial charge in [-0.25, -0.2) is 0 Å². The predicted molar refractivity (Wildman–Crippen MR) is 104 cm³/mol. The van der Waals surface area contributed by atoms with E-state index in [1.165, 1.54) is 24.9 Å². The lowest BCUT2D eigenvalue weighted by molar-refractivity contribution is 0.182. The normalized spacial score (nSPS) is 17.4. The zero-order valence-electron chi connectivity index (χ0n) is 14.3. The Balaban J connectivity index is 0.00000156. The molecule has 1 aromatic heterocycles. The van der Waals surface area contributed by atoms with Crippen LogP contribution in [-0.2, 0) is 13.0 Å². The first kappa shape index (κ1) is 21.7. The minimum absolute atomic E-state index is 0. The van der Waals surface area contributed by atoms with Crippen molar-refractivity contribution in [2.45, 2.75) is 25.8 Å². The highest BCUT2D eigenvalue weighted by atomic mass is 35.5. The van der Waals surface area contributed by atoms with Crippen molar-refractivity contribution in [3.05, 3.63) is 41.8 Å². The zero-order chi connectivity index (χ0) is 15.9. The van der Waals surface area contributed by atoms with Gasteiger partial charge in [-0.05, 0) is 37.3 Å². The predicted octanol–water partition coefficient (Wildman–Crippen LogP) is 2.74. The van der Waals surface area contributed by atoms with Gasteiger partial charge in [0.15, 0.2) is 0 Å². The van der Waals surface area contributed by atoms with E-state index >= 15 is 0 Å². The molecule has 0 spiro atoms. The van der Waals surface area contributed by atoms with Gasteiger partial charge < -0.3 is 20.4 Å². The number of anilines is 1. The molecule has 1 aliphatic heterocycles. The summed E-state index contributed by atoms with van der Waals surface area (Å²) in [6.45, 7) is 4.59. The molecule has 3 N–H and O–H groups in total. The van der Waals surface area contributed by atoms with E-state index in [0.29, 0.717) is 17.8 Å². The summed E-state index contributed by atoms with van der Waals surface area (Å²) in [7, 11) is 0. The van der Waals surface area contributed by atoms with Crippen LogP contribution in [0.5, 0.6) is 0 Å².